The zero-order chi connectivity index (χ0) is 11.8. The number of thiophene rings is 1. The Bertz CT molecular complexity index is 393. The Morgan fingerprint density at radius 3 is 2.88 bits per heavy atom. The number of hydrogen-bond acceptors (Lipinski definition) is 3. The first-order valence-electron chi connectivity index (χ1n) is 6.47. The Morgan fingerprint density at radius 1 is 1.47 bits per heavy atom. The van der Waals surface area contributed by atoms with Crippen LogP contribution in [0.3, 0.4) is 0 Å². The van der Waals surface area contributed by atoms with E-state index >= 15 is 0 Å². The van der Waals surface area contributed by atoms with Crippen molar-refractivity contribution in [3.8, 4) is 0 Å². The van der Waals surface area contributed by atoms with Crippen molar-refractivity contribution in [2.75, 3.05) is 0 Å². The Labute approximate surface area is 115 Å². The molecule has 4 unspecified atom stereocenters. The molecule has 17 heavy (non-hydrogen) atoms. The van der Waals surface area contributed by atoms with Gasteiger partial charge in [-0.2, -0.15) is 0 Å². The highest BCUT2D eigenvalue weighted by molar-refractivity contribution is 9.10. The summed E-state index contributed by atoms with van der Waals surface area (Å²) in [6, 6.07) is 2.44. The zero-order valence-electron chi connectivity index (χ0n) is 9.86. The average Bonchev–Trinajstić information content (AvgIpc) is 3.02. The van der Waals surface area contributed by atoms with E-state index in [9.17, 15) is 0 Å². The van der Waals surface area contributed by atoms with Crippen molar-refractivity contribution in [3.05, 3.63) is 20.8 Å². The minimum absolute atomic E-state index is 0.328. The predicted molar refractivity (Wildman–Crippen MR) is 75.6 cm³/mol. The topological polar surface area (TPSA) is 38.0 Å². The van der Waals surface area contributed by atoms with Gasteiger partial charge in [0, 0.05) is 9.35 Å². The summed E-state index contributed by atoms with van der Waals surface area (Å²) in [5.41, 5.74) is 3.01. The first-order valence-corrected chi connectivity index (χ1v) is 8.14. The third-order valence-corrected chi connectivity index (χ3v) is 6.57. The molecule has 3 rings (SSSR count). The second-order valence-electron chi connectivity index (χ2n) is 5.52. The molecule has 2 nitrogen and oxygen atoms in total. The van der Waals surface area contributed by atoms with Gasteiger partial charge in [0.2, 0.25) is 0 Å². The molecule has 4 heteroatoms. The molecule has 0 radical (unpaired) electrons. The molecule has 0 spiro atoms. The Balaban J connectivity index is 1.69. The Hall–Kier alpha value is 0.100. The lowest BCUT2D eigenvalue weighted by Crippen LogP contribution is -2.30. The summed E-state index contributed by atoms with van der Waals surface area (Å²) < 4.78 is 1.20. The monoisotopic (exact) mass is 314 g/mol. The van der Waals surface area contributed by atoms with Crippen molar-refractivity contribution in [1.82, 2.24) is 5.43 Å². The van der Waals surface area contributed by atoms with Crippen molar-refractivity contribution in [2.24, 2.45) is 23.6 Å². The molecule has 3 N–H and O–H groups in total. The number of nitrogens with one attached hydrogen (secondary N) is 1. The molecule has 1 aromatic heterocycles. The van der Waals surface area contributed by atoms with Gasteiger partial charge < -0.3 is 0 Å². The molecule has 0 aromatic carbocycles. The van der Waals surface area contributed by atoms with Crippen LogP contribution in [-0.2, 0) is 0 Å². The molecule has 2 saturated carbocycles. The first kappa shape index (κ1) is 12.2. The molecule has 2 aliphatic carbocycles. The van der Waals surface area contributed by atoms with E-state index in [2.05, 4.69) is 32.8 Å². The van der Waals surface area contributed by atoms with Crippen LogP contribution in [-0.4, -0.2) is 0 Å². The normalized spacial score (nSPS) is 33.2. The number of hydrazine groups is 1. The highest BCUT2D eigenvalue weighted by Gasteiger charge is 2.40. The van der Waals surface area contributed by atoms with Crippen LogP contribution in [0.1, 0.15) is 43.0 Å². The fourth-order valence-corrected chi connectivity index (χ4v) is 5.50. The fraction of sp³-hybridized carbons (Fsp3) is 0.692. The van der Waals surface area contributed by atoms with Crippen LogP contribution in [0.15, 0.2) is 15.9 Å². The van der Waals surface area contributed by atoms with Crippen molar-refractivity contribution >= 4 is 27.3 Å². The van der Waals surface area contributed by atoms with Crippen LogP contribution in [0.4, 0.5) is 0 Å². The van der Waals surface area contributed by atoms with Crippen LogP contribution >= 0.6 is 27.3 Å². The van der Waals surface area contributed by atoms with E-state index in [-0.39, 0.29) is 0 Å². The number of hydrogen-bond donors (Lipinski definition) is 2. The average molecular weight is 315 g/mol. The maximum atomic E-state index is 5.74. The van der Waals surface area contributed by atoms with Crippen molar-refractivity contribution in [1.29, 1.82) is 0 Å². The van der Waals surface area contributed by atoms with Gasteiger partial charge in [0.05, 0.1) is 6.04 Å². The van der Waals surface area contributed by atoms with E-state index < -0.39 is 0 Å². The molecule has 1 aromatic rings. The summed E-state index contributed by atoms with van der Waals surface area (Å²) in [6.07, 6.45) is 7.05. The van der Waals surface area contributed by atoms with Gasteiger partial charge >= 0.3 is 0 Å². The lowest BCUT2D eigenvalue weighted by atomic mass is 9.84. The van der Waals surface area contributed by atoms with E-state index in [1.54, 1.807) is 11.3 Å². The van der Waals surface area contributed by atoms with Crippen LogP contribution in [0, 0.1) is 17.8 Å². The molecule has 2 fully saturated rings. The van der Waals surface area contributed by atoms with Crippen molar-refractivity contribution in [3.63, 3.8) is 0 Å². The van der Waals surface area contributed by atoms with Gasteiger partial charge in [0.15, 0.2) is 0 Å². The van der Waals surface area contributed by atoms with Crippen LogP contribution < -0.4 is 11.3 Å². The standard InChI is InChI=1S/C13H19BrN2S/c14-11-3-4-17-13(11)12(16-15)7-10-6-8-1-2-9(10)5-8/h3-4,8-10,12,16H,1-2,5-7,15H2. The van der Waals surface area contributed by atoms with E-state index in [1.165, 1.54) is 41.5 Å². The third kappa shape index (κ3) is 2.33. The maximum absolute atomic E-state index is 5.74. The van der Waals surface area contributed by atoms with E-state index in [1.807, 2.05) is 0 Å². The minimum Gasteiger partial charge on any atom is -0.271 e. The maximum Gasteiger partial charge on any atom is 0.0567 e. The number of nitrogens with two attached hydrogens (primary N) is 1. The van der Waals surface area contributed by atoms with E-state index in [4.69, 9.17) is 5.84 Å². The molecule has 0 saturated heterocycles. The van der Waals surface area contributed by atoms with Crippen molar-refractivity contribution < 1.29 is 0 Å². The summed E-state index contributed by atoms with van der Waals surface area (Å²) in [4.78, 5) is 1.36. The molecular weight excluding hydrogens is 296 g/mol. The van der Waals surface area contributed by atoms with Gasteiger partial charge in [-0.05, 0) is 70.8 Å². The van der Waals surface area contributed by atoms with Gasteiger partial charge in [-0.25, -0.2) is 0 Å². The third-order valence-electron chi connectivity index (χ3n) is 4.59. The number of rotatable bonds is 4. The summed E-state index contributed by atoms with van der Waals surface area (Å²) in [7, 11) is 0. The van der Waals surface area contributed by atoms with Crippen LogP contribution in [0.2, 0.25) is 0 Å². The molecule has 2 aliphatic rings. The smallest absolute Gasteiger partial charge is 0.0567 e. The molecule has 4 atom stereocenters. The summed E-state index contributed by atoms with van der Waals surface area (Å²) in [5.74, 6) is 8.64. The largest absolute Gasteiger partial charge is 0.271 e. The highest BCUT2D eigenvalue weighted by Crippen LogP contribution is 2.51. The second-order valence-corrected chi connectivity index (χ2v) is 7.32. The van der Waals surface area contributed by atoms with Gasteiger partial charge in [0.1, 0.15) is 0 Å². The van der Waals surface area contributed by atoms with Gasteiger partial charge in [-0.1, -0.05) is 6.42 Å². The molecule has 94 valence electrons. The fourth-order valence-electron chi connectivity index (χ4n) is 3.77. The lowest BCUT2D eigenvalue weighted by Gasteiger charge is -2.26. The lowest BCUT2D eigenvalue weighted by molar-refractivity contribution is 0.281. The second kappa shape index (κ2) is 5.00. The molecule has 0 aliphatic heterocycles. The zero-order valence-corrected chi connectivity index (χ0v) is 12.3. The molecule has 0 amide bonds. The minimum atomic E-state index is 0.328. The van der Waals surface area contributed by atoms with Gasteiger partial charge in [0.25, 0.3) is 0 Å². The molecule has 2 bridgehead atoms. The van der Waals surface area contributed by atoms with E-state index in [0.717, 1.165) is 17.8 Å². The SMILES string of the molecule is NNC(CC1CC2CCC1C2)c1sccc1Br. The Morgan fingerprint density at radius 2 is 2.35 bits per heavy atom. The summed E-state index contributed by atoms with van der Waals surface area (Å²) >= 11 is 5.41. The Kier molecular flexibility index (Phi) is 3.57. The quantitative estimate of drug-likeness (QED) is 0.654. The van der Waals surface area contributed by atoms with Crippen LogP contribution in [0.25, 0.3) is 0 Å². The highest BCUT2D eigenvalue weighted by atomic mass is 79.9. The van der Waals surface area contributed by atoms with Crippen molar-refractivity contribution in [2.45, 2.75) is 38.1 Å². The first-order chi connectivity index (χ1) is 8.28. The van der Waals surface area contributed by atoms with Gasteiger partial charge in [-0.3, -0.25) is 11.3 Å². The number of fused-ring (bicyclic) bond motifs is 2. The summed E-state index contributed by atoms with van der Waals surface area (Å²) in [6.45, 7) is 0. The predicted octanol–water partition coefficient (Wildman–Crippen LogP) is 3.84. The molecular formula is C13H19BrN2S. The van der Waals surface area contributed by atoms with E-state index in [0.29, 0.717) is 6.04 Å². The summed E-state index contributed by atoms with van der Waals surface area (Å²) in [5, 5.41) is 2.13. The number of halogens is 1. The molecule has 1 heterocycles. The van der Waals surface area contributed by atoms with Crippen LogP contribution in [0.5, 0.6) is 0 Å². The van der Waals surface area contributed by atoms with Gasteiger partial charge in [-0.15, -0.1) is 11.3 Å².